The van der Waals surface area contributed by atoms with Crippen molar-refractivity contribution in [2.24, 2.45) is 5.73 Å². The number of amides is 1. The van der Waals surface area contributed by atoms with Crippen molar-refractivity contribution in [1.29, 1.82) is 0 Å². The maximum atomic E-state index is 11.7. The van der Waals surface area contributed by atoms with Crippen LogP contribution in [0.1, 0.15) is 18.9 Å². The quantitative estimate of drug-likeness (QED) is 0.751. The highest BCUT2D eigenvalue weighted by Gasteiger charge is 2.12. The van der Waals surface area contributed by atoms with Crippen molar-refractivity contribution in [2.75, 3.05) is 20.2 Å². The van der Waals surface area contributed by atoms with Crippen molar-refractivity contribution in [3.63, 3.8) is 0 Å². The van der Waals surface area contributed by atoms with Crippen LogP contribution >= 0.6 is 0 Å². The van der Waals surface area contributed by atoms with Crippen LogP contribution in [0.15, 0.2) is 24.3 Å². The van der Waals surface area contributed by atoms with Crippen molar-refractivity contribution in [3.05, 3.63) is 29.8 Å². The van der Waals surface area contributed by atoms with Gasteiger partial charge in [0.05, 0.1) is 19.1 Å². The van der Waals surface area contributed by atoms with Crippen molar-refractivity contribution in [1.82, 2.24) is 5.32 Å². The minimum Gasteiger partial charge on any atom is -0.489 e. The summed E-state index contributed by atoms with van der Waals surface area (Å²) >= 11 is 0. The summed E-state index contributed by atoms with van der Waals surface area (Å²) in [5, 5.41) is 2.81. The highest BCUT2D eigenvalue weighted by molar-refractivity contribution is 5.76. The van der Waals surface area contributed by atoms with E-state index in [0.717, 1.165) is 5.75 Å². The Morgan fingerprint density at radius 1 is 1.35 bits per heavy atom. The fraction of sp³-hybridized carbons (Fsp3) is 0.533. The van der Waals surface area contributed by atoms with E-state index in [1.807, 2.05) is 38.1 Å². The first-order valence-corrected chi connectivity index (χ1v) is 6.78. The zero-order chi connectivity index (χ0) is 15.0. The Balaban J connectivity index is 2.30. The molecule has 20 heavy (non-hydrogen) atoms. The summed E-state index contributed by atoms with van der Waals surface area (Å²) in [6.07, 6.45) is -0.0617. The molecule has 0 saturated heterocycles. The zero-order valence-electron chi connectivity index (χ0n) is 12.4. The minimum absolute atomic E-state index is 0.0818. The Kier molecular flexibility index (Phi) is 7.04. The van der Waals surface area contributed by atoms with E-state index < -0.39 is 0 Å². The van der Waals surface area contributed by atoms with Crippen molar-refractivity contribution in [3.8, 4) is 5.75 Å². The van der Waals surface area contributed by atoms with Crippen molar-refractivity contribution < 1.29 is 14.3 Å². The van der Waals surface area contributed by atoms with Crippen LogP contribution in [0.25, 0.3) is 0 Å². The summed E-state index contributed by atoms with van der Waals surface area (Å²) < 4.78 is 10.8. The van der Waals surface area contributed by atoms with Gasteiger partial charge in [-0.1, -0.05) is 17.7 Å². The lowest BCUT2D eigenvalue weighted by Gasteiger charge is -2.17. The molecule has 0 heterocycles. The lowest BCUT2D eigenvalue weighted by atomic mass is 10.2. The molecule has 3 N–H and O–H groups in total. The summed E-state index contributed by atoms with van der Waals surface area (Å²) in [6, 6.07) is 7.82. The molecule has 0 aliphatic rings. The maximum absolute atomic E-state index is 11.7. The predicted molar refractivity (Wildman–Crippen MR) is 78.7 cm³/mol. The smallest absolute Gasteiger partial charge is 0.222 e. The molecule has 2 unspecified atom stereocenters. The van der Waals surface area contributed by atoms with Crippen LogP contribution in [0, 0.1) is 6.92 Å². The lowest BCUT2D eigenvalue weighted by Crippen LogP contribution is -2.37. The monoisotopic (exact) mass is 280 g/mol. The number of hydrogen-bond donors (Lipinski definition) is 2. The molecule has 0 aromatic heterocycles. The molecular weight excluding hydrogens is 256 g/mol. The molecule has 1 rings (SSSR count). The van der Waals surface area contributed by atoms with E-state index in [2.05, 4.69) is 5.32 Å². The van der Waals surface area contributed by atoms with E-state index >= 15 is 0 Å². The molecule has 112 valence electrons. The second-order valence-electron chi connectivity index (χ2n) is 4.84. The third-order valence-electron chi connectivity index (χ3n) is 2.95. The fourth-order valence-corrected chi connectivity index (χ4v) is 1.69. The standard InChI is InChI=1S/C15H24N2O3/c1-11-4-6-13(7-5-11)20-12(2)10-17-15(18)8-14(9-16)19-3/h4-7,12,14H,8-10,16H2,1-3H3,(H,17,18). The Morgan fingerprint density at radius 3 is 2.55 bits per heavy atom. The molecule has 0 spiro atoms. The van der Waals surface area contributed by atoms with Crippen LogP contribution in [0.3, 0.4) is 0 Å². The third-order valence-corrected chi connectivity index (χ3v) is 2.95. The van der Waals surface area contributed by atoms with Gasteiger partial charge in [-0.25, -0.2) is 0 Å². The molecule has 0 radical (unpaired) electrons. The van der Waals surface area contributed by atoms with Crippen LogP contribution in [0.5, 0.6) is 5.75 Å². The minimum atomic E-state index is -0.233. The number of carbonyl (C=O) groups is 1. The topological polar surface area (TPSA) is 73.6 Å². The number of methoxy groups -OCH3 is 1. The molecule has 0 fully saturated rings. The first kappa shape index (κ1) is 16.5. The molecule has 5 heteroatoms. The van der Waals surface area contributed by atoms with Crippen LogP contribution in [-0.4, -0.2) is 38.3 Å². The molecule has 1 aromatic carbocycles. The number of benzene rings is 1. The third kappa shape index (κ3) is 6.04. The van der Waals surface area contributed by atoms with E-state index in [0.29, 0.717) is 13.1 Å². The van der Waals surface area contributed by atoms with E-state index in [9.17, 15) is 4.79 Å². The van der Waals surface area contributed by atoms with E-state index in [1.54, 1.807) is 7.11 Å². The fourth-order valence-electron chi connectivity index (χ4n) is 1.69. The van der Waals surface area contributed by atoms with Gasteiger partial charge in [0.25, 0.3) is 0 Å². The lowest BCUT2D eigenvalue weighted by molar-refractivity contribution is -0.123. The number of aryl methyl sites for hydroxylation is 1. The first-order valence-electron chi connectivity index (χ1n) is 6.78. The summed E-state index contributed by atoms with van der Waals surface area (Å²) in [6.45, 7) is 4.72. The average molecular weight is 280 g/mol. The van der Waals surface area contributed by atoms with E-state index in [-0.39, 0.29) is 24.5 Å². The molecular formula is C15H24N2O3. The van der Waals surface area contributed by atoms with Crippen LogP contribution in [-0.2, 0) is 9.53 Å². The molecule has 0 aliphatic heterocycles. The Bertz CT molecular complexity index is 402. The maximum Gasteiger partial charge on any atom is 0.222 e. The number of rotatable bonds is 8. The Hall–Kier alpha value is -1.59. The average Bonchev–Trinajstić information content (AvgIpc) is 2.45. The first-order chi connectivity index (χ1) is 9.55. The summed E-state index contributed by atoms with van der Waals surface area (Å²) in [7, 11) is 1.55. The van der Waals surface area contributed by atoms with Crippen LogP contribution < -0.4 is 15.8 Å². The van der Waals surface area contributed by atoms with Gasteiger partial charge in [-0.2, -0.15) is 0 Å². The van der Waals surface area contributed by atoms with Gasteiger partial charge in [-0.05, 0) is 26.0 Å². The molecule has 0 saturated carbocycles. The van der Waals surface area contributed by atoms with Crippen molar-refractivity contribution in [2.45, 2.75) is 32.5 Å². The van der Waals surface area contributed by atoms with Gasteiger partial charge < -0.3 is 20.5 Å². The molecule has 5 nitrogen and oxygen atoms in total. The van der Waals surface area contributed by atoms with Gasteiger partial charge in [0, 0.05) is 13.7 Å². The highest BCUT2D eigenvalue weighted by Crippen LogP contribution is 2.12. The normalized spacial score (nSPS) is 13.6. The van der Waals surface area contributed by atoms with Gasteiger partial charge in [0.2, 0.25) is 5.91 Å². The predicted octanol–water partition coefficient (Wildman–Crippen LogP) is 1.24. The van der Waals surface area contributed by atoms with Crippen molar-refractivity contribution >= 4 is 5.91 Å². The zero-order valence-corrected chi connectivity index (χ0v) is 12.4. The number of hydrogen-bond acceptors (Lipinski definition) is 4. The largest absolute Gasteiger partial charge is 0.489 e. The SMILES string of the molecule is COC(CN)CC(=O)NCC(C)Oc1ccc(C)cc1. The highest BCUT2D eigenvalue weighted by atomic mass is 16.5. The van der Waals surface area contributed by atoms with E-state index in [1.165, 1.54) is 5.56 Å². The number of ether oxygens (including phenoxy) is 2. The van der Waals surface area contributed by atoms with Gasteiger partial charge in [0.15, 0.2) is 0 Å². The summed E-state index contributed by atoms with van der Waals surface area (Å²) in [4.78, 5) is 11.7. The Labute approximate surface area is 120 Å². The summed E-state index contributed by atoms with van der Waals surface area (Å²) in [5.41, 5.74) is 6.66. The molecule has 1 aromatic rings. The number of carbonyl (C=O) groups excluding carboxylic acids is 1. The molecule has 0 bridgehead atoms. The van der Waals surface area contributed by atoms with Gasteiger partial charge in [0.1, 0.15) is 11.9 Å². The van der Waals surface area contributed by atoms with E-state index in [4.69, 9.17) is 15.2 Å². The second kappa shape index (κ2) is 8.55. The van der Waals surface area contributed by atoms with Gasteiger partial charge in [-0.3, -0.25) is 4.79 Å². The van der Waals surface area contributed by atoms with Crippen LogP contribution in [0.4, 0.5) is 0 Å². The molecule has 1 amide bonds. The van der Waals surface area contributed by atoms with Gasteiger partial charge in [-0.15, -0.1) is 0 Å². The Morgan fingerprint density at radius 2 is 2.00 bits per heavy atom. The molecule has 0 aliphatic carbocycles. The molecule has 2 atom stereocenters. The summed E-state index contributed by atoms with van der Waals surface area (Å²) in [5.74, 6) is 0.718. The number of nitrogens with one attached hydrogen (secondary N) is 1. The van der Waals surface area contributed by atoms with Gasteiger partial charge >= 0.3 is 0 Å². The number of nitrogens with two attached hydrogens (primary N) is 1. The second-order valence-corrected chi connectivity index (χ2v) is 4.84. The van der Waals surface area contributed by atoms with Crippen LogP contribution in [0.2, 0.25) is 0 Å².